The molecule has 2 N–H and O–H groups in total. The highest BCUT2D eigenvalue weighted by molar-refractivity contribution is 6.58. The molecular weight excluding hydrogens is 316 g/mol. The molecule has 1 aromatic heterocycles. The lowest BCUT2D eigenvalue weighted by Crippen LogP contribution is -2.51. The van der Waals surface area contributed by atoms with Crippen LogP contribution in [-0.2, 0) is 14.8 Å². The van der Waals surface area contributed by atoms with Gasteiger partial charge in [0.2, 0.25) is 0 Å². The summed E-state index contributed by atoms with van der Waals surface area (Å²) >= 11 is 0. The van der Waals surface area contributed by atoms with E-state index in [-0.39, 0.29) is 12.2 Å². The summed E-state index contributed by atoms with van der Waals surface area (Å²) in [6.07, 6.45) is 0.559. The molecule has 1 fully saturated rings. The quantitative estimate of drug-likeness (QED) is 0.762. The maximum absolute atomic E-state index is 12.2. The van der Waals surface area contributed by atoms with Crippen molar-refractivity contribution in [2.24, 2.45) is 0 Å². The molecule has 1 aromatic rings. The van der Waals surface area contributed by atoms with E-state index in [9.17, 15) is 14.7 Å². The Morgan fingerprint density at radius 2 is 2.13 bits per heavy atom. The molecule has 0 saturated carbocycles. The summed E-state index contributed by atoms with van der Waals surface area (Å²) in [6, 6.07) is 1.30. The van der Waals surface area contributed by atoms with Gasteiger partial charge in [-0.3, -0.25) is 14.3 Å². The summed E-state index contributed by atoms with van der Waals surface area (Å²) in [7, 11) is -1.57. The Morgan fingerprint density at radius 3 is 2.65 bits per heavy atom. The number of aliphatic hydroxyl groups is 1. The van der Waals surface area contributed by atoms with E-state index in [1.54, 1.807) is 0 Å². The van der Waals surface area contributed by atoms with Gasteiger partial charge < -0.3 is 14.6 Å². The standard InChI is InChI=1S/C15H26N2O5Si/c1-14(2,3)21-9-11-10(18)8-15(22-11,23(4)5)17-7-6-12(19)16-13(17)20/h6-7,10-11,18,23H,8-9H2,1-5H3,(H,16,19,20)/t10-,11+,15-/m0/s1. The second kappa shape index (κ2) is 6.35. The summed E-state index contributed by atoms with van der Waals surface area (Å²) in [5.41, 5.74) is -1.29. The molecular formula is C15H26N2O5Si. The van der Waals surface area contributed by atoms with E-state index in [1.807, 2.05) is 20.8 Å². The minimum atomic E-state index is -1.57. The van der Waals surface area contributed by atoms with Crippen LogP contribution in [0.1, 0.15) is 27.2 Å². The van der Waals surface area contributed by atoms with Crippen LogP contribution >= 0.6 is 0 Å². The van der Waals surface area contributed by atoms with Crippen LogP contribution < -0.4 is 11.2 Å². The van der Waals surface area contributed by atoms with Gasteiger partial charge >= 0.3 is 5.69 Å². The van der Waals surface area contributed by atoms with Crippen molar-refractivity contribution in [3.8, 4) is 0 Å². The van der Waals surface area contributed by atoms with Gasteiger partial charge in [0, 0.05) is 18.7 Å². The number of aromatic nitrogens is 2. The lowest BCUT2D eigenvalue weighted by molar-refractivity contribution is -0.114. The van der Waals surface area contributed by atoms with Gasteiger partial charge in [-0.05, 0) is 20.8 Å². The number of nitrogens with zero attached hydrogens (tertiary/aromatic N) is 1. The van der Waals surface area contributed by atoms with Crippen LogP contribution in [0.25, 0.3) is 0 Å². The number of hydrogen-bond donors (Lipinski definition) is 2. The first-order chi connectivity index (χ1) is 10.5. The number of rotatable bonds is 4. The highest BCUT2D eigenvalue weighted by atomic mass is 28.3. The number of ether oxygens (including phenoxy) is 2. The number of hydrogen-bond acceptors (Lipinski definition) is 5. The Hall–Kier alpha value is -1.22. The van der Waals surface area contributed by atoms with Crippen molar-refractivity contribution < 1.29 is 14.6 Å². The minimum Gasteiger partial charge on any atom is -0.390 e. The van der Waals surface area contributed by atoms with Gasteiger partial charge in [-0.2, -0.15) is 0 Å². The van der Waals surface area contributed by atoms with Gasteiger partial charge in [0.25, 0.3) is 5.56 Å². The van der Waals surface area contributed by atoms with Crippen LogP contribution in [0.5, 0.6) is 0 Å². The Morgan fingerprint density at radius 1 is 1.48 bits per heavy atom. The van der Waals surface area contributed by atoms with E-state index < -0.39 is 37.6 Å². The summed E-state index contributed by atoms with van der Waals surface area (Å²) < 4.78 is 13.3. The van der Waals surface area contributed by atoms with Crippen LogP contribution in [-0.4, -0.2) is 47.9 Å². The Balaban J connectivity index is 2.33. The molecule has 0 unspecified atom stereocenters. The first-order valence-electron chi connectivity index (χ1n) is 7.87. The molecule has 23 heavy (non-hydrogen) atoms. The van der Waals surface area contributed by atoms with Crippen molar-refractivity contribution in [2.75, 3.05) is 6.61 Å². The van der Waals surface area contributed by atoms with Gasteiger partial charge in [-0.25, -0.2) is 4.79 Å². The third kappa shape index (κ3) is 3.82. The first-order valence-corrected chi connectivity index (χ1v) is 10.8. The molecule has 3 atom stereocenters. The Labute approximate surface area is 136 Å². The molecule has 2 rings (SSSR count). The lowest BCUT2D eigenvalue weighted by atomic mass is 10.1. The van der Waals surface area contributed by atoms with Gasteiger partial charge in [-0.1, -0.05) is 13.1 Å². The zero-order chi connectivity index (χ0) is 17.4. The molecule has 0 radical (unpaired) electrons. The predicted molar refractivity (Wildman–Crippen MR) is 89.4 cm³/mol. The highest BCUT2D eigenvalue weighted by Gasteiger charge is 2.50. The summed E-state index contributed by atoms with van der Waals surface area (Å²) in [5.74, 6) is 0. The number of H-pyrrole nitrogens is 1. The van der Waals surface area contributed by atoms with Crippen molar-refractivity contribution >= 4 is 8.80 Å². The smallest absolute Gasteiger partial charge is 0.330 e. The number of aliphatic hydroxyl groups excluding tert-OH is 1. The van der Waals surface area contributed by atoms with Crippen LogP contribution in [0.3, 0.4) is 0 Å². The van der Waals surface area contributed by atoms with Crippen molar-refractivity contribution in [1.29, 1.82) is 0 Å². The molecule has 0 amide bonds. The van der Waals surface area contributed by atoms with Crippen LogP contribution in [0.15, 0.2) is 21.9 Å². The summed E-state index contributed by atoms with van der Waals surface area (Å²) in [5, 5.41) is 9.54. The van der Waals surface area contributed by atoms with E-state index >= 15 is 0 Å². The van der Waals surface area contributed by atoms with E-state index in [0.29, 0.717) is 6.42 Å². The maximum atomic E-state index is 12.2. The molecule has 0 aromatic carbocycles. The van der Waals surface area contributed by atoms with E-state index in [1.165, 1.54) is 16.8 Å². The highest BCUT2D eigenvalue weighted by Crippen LogP contribution is 2.37. The van der Waals surface area contributed by atoms with Crippen LogP contribution in [0.2, 0.25) is 13.1 Å². The number of aromatic amines is 1. The molecule has 2 heterocycles. The number of nitrogens with one attached hydrogen (secondary N) is 1. The molecule has 8 heteroatoms. The normalized spacial score (nSPS) is 28.5. The van der Waals surface area contributed by atoms with E-state index in [2.05, 4.69) is 18.1 Å². The van der Waals surface area contributed by atoms with Crippen molar-refractivity contribution in [2.45, 2.75) is 63.4 Å². The molecule has 7 nitrogen and oxygen atoms in total. The SMILES string of the molecule is C[SiH](C)[C@]1(n2ccc(=O)[nH]c2=O)C[C@H](O)[C@@H](COC(C)(C)C)O1. The fourth-order valence-corrected chi connectivity index (χ4v) is 4.74. The second-order valence-corrected chi connectivity index (χ2v) is 10.5. The average Bonchev–Trinajstić information content (AvgIpc) is 2.74. The summed E-state index contributed by atoms with van der Waals surface area (Å²) in [4.78, 5) is 25.8. The van der Waals surface area contributed by atoms with E-state index in [0.717, 1.165) is 0 Å². The van der Waals surface area contributed by atoms with E-state index in [4.69, 9.17) is 9.47 Å². The zero-order valence-electron chi connectivity index (χ0n) is 14.3. The summed E-state index contributed by atoms with van der Waals surface area (Å²) in [6.45, 7) is 10.2. The van der Waals surface area contributed by atoms with Crippen LogP contribution in [0, 0.1) is 0 Å². The molecule has 0 spiro atoms. The van der Waals surface area contributed by atoms with Gasteiger partial charge in [-0.15, -0.1) is 0 Å². The third-order valence-corrected chi connectivity index (χ3v) is 6.55. The second-order valence-electron chi connectivity index (χ2n) is 7.33. The topological polar surface area (TPSA) is 93.6 Å². The monoisotopic (exact) mass is 342 g/mol. The molecule has 0 aliphatic carbocycles. The average molecular weight is 342 g/mol. The van der Waals surface area contributed by atoms with Crippen molar-refractivity contribution in [1.82, 2.24) is 9.55 Å². The van der Waals surface area contributed by atoms with Crippen LogP contribution in [0.4, 0.5) is 0 Å². The molecule has 1 aliphatic heterocycles. The lowest BCUT2D eigenvalue weighted by Gasteiger charge is -2.34. The molecule has 1 saturated heterocycles. The zero-order valence-corrected chi connectivity index (χ0v) is 15.5. The Bertz CT molecular complexity index is 663. The van der Waals surface area contributed by atoms with Gasteiger partial charge in [0.15, 0.2) is 0 Å². The van der Waals surface area contributed by atoms with Gasteiger partial charge in [0.05, 0.1) is 27.1 Å². The predicted octanol–water partition coefficient (Wildman–Crippen LogP) is 0.180. The van der Waals surface area contributed by atoms with Crippen molar-refractivity contribution in [3.63, 3.8) is 0 Å². The third-order valence-electron chi connectivity index (χ3n) is 4.10. The minimum absolute atomic E-state index is 0.256. The fourth-order valence-electron chi connectivity index (χ4n) is 2.82. The molecule has 0 bridgehead atoms. The Kier molecular flexibility index (Phi) is 5.00. The van der Waals surface area contributed by atoms with Crippen molar-refractivity contribution in [3.05, 3.63) is 33.1 Å². The molecule has 130 valence electrons. The maximum Gasteiger partial charge on any atom is 0.330 e. The molecule has 1 aliphatic rings. The first kappa shape index (κ1) is 18.1. The largest absolute Gasteiger partial charge is 0.390 e. The van der Waals surface area contributed by atoms with Gasteiger partial charge in [0.1, 0.15) is 11.5 Å². The fraction of sp³-hybridized carbons (Fsp3) is 0.733.